The summed E-state index contributed by atoms with van der Waals surface area (Å²) in [6.45, 7) is 2.53. The smallest absolute Gasteiger partial charge is 0.260 e. The summed E-state index contributed by atoms with van der Waals surface area (Å²) >= 11 is 1.54. The monoisotopic (exact) mass is 333 g/mol. The molecule has 1 amide bonds. The molecule has 0 fully saturated rings. The second kappa shape index (κ2) is 6.02. The summed E-state index contributed by atoms with van der Waals surface area (Å²) in [5.41, 5.74) is 2.40. The van der Waals surface area contributed by atoms with E-state index in [0.717, 1.165) is 26.3 Å². The Balaban J connectivity index is 1.80. The number of benzene rings is 2. The summed E-state index contributed by atoms with van der Waals surface area (Å²) < 4.78 is 1.08. The van der Waals surface area contributed by atoms with Gasteiger partial charge in [0, 0.05) is 23.7 Å². The van der Waals surface area contributed by atoms with Gasteiger partial charge in [-0.1, -0.05) is 35.6 Å². The molecule has 0 bridgehead atoms. The van der Waals surface area contributed by atoms with Gasteiger partial charge in [-0.3, -0.25) is 14.7 Å². The van der Waals surface area contributed by atoms with Gasteiger partial charge in [-0.25, -0.2) is 4.98 Å². The van der Waals surface area contributed by atoms with Crippen molar-refractivity contribution < 1.29 is 4.79 Å². The third kappa shape index (κ3) is 2.43. The Hall–Kier alpha value is -2.79. The van der Waals surface area contributed by atoms with Crippen LogP contribution in [0.2, 0.25) is 0 Å². The van der Waals surface area contributed by atoms with Gasteiger partial charge < -0.3 is 0 Å². The van der Waals surface area contributed by atoms with Crippen LogP contribution in [0.3, 0.4) is 0 Å². The van der Waals surface area contributed by atoms with Gasteiger partial charge in [0.15, 0.2) is 5.13 Å². The van der Waals surface area contributed by atoms with Crippen LogP contribution in [0, 0.1) is 0 Å². The molecule has 2 aromatic heterocycles. The van der Waals surface area contributed by atoms with Crippen molar-refractivity contribution >= 4 is 43.5 Å². The van der Waals surface area contributed by atoms with Crippen molar-refractivity contribution in [1.29, 1.82) is 0 Å². The maximum absolute atomic E-state index is 13.1. The van der Waals surface area contributed by atoms with Crippen molar-refractivity contribution in [1.82, 2.24) is 9.97 Å². The molecule has 0 radical (unpaired) electrons. The molecule has 4 nitrogen and oxygen atoms in total. The molecule has 0 atom stereocenters. The van der Waals surface area contributed by atoms with Crippen LogP contribution >= 0.6 is 11.3 Å². The molecule has 0 unspecified atom stereocenters. The van der Waals surface area contributed by atoms with Crippen LogP contribution in [0.25, 0.3) is 21.1 Å². The Kier molecular flexibility index (Phi) is 3.70. The fourth-order valence-corrected chi connectivity index (χ4v) is 3.80. The van der Waals surface area contributed by atoms with E-state index < -0.39 is 0 Å². The second-order valence-corrected chi connectivity index (χ2v) is 6.40. The molecular formula is C19H15N3OS. The first-order valence-corrected chi connectivity index (χ1v) is 8.61. The highest BCUT2D eigenvalue weighted by atomic mass is 32.1. The summed E-state index contributed by atoms with van der Waals surface area (Å²) in [6.07, 6.45) is 1.74. The maximum Gasteiger partial charge on any atom is 0.260 e. The lowest BCUT2D eigenvalue weighted by Gasteiger charge is -2.18. The topological polar surface area (TPSA) is 46.1 Å². The number of thiazole rings is 1. The molecule has 5 heteroatoms. The Labute approximate surface area is 143 Å². The molecule has 0 aliphatic rings. The Morgan fingerprint density at radius 2 is 1.88 bits per heavy atom. The van der Waals surface area contributed by atoms with E-state index in [0.29, 0.717) is 12.1 Å². The van der Waals surface area contributed by atoms with Gasteiger partial charge in [-0.2, -0.15) is 0 Å². The number of fused-ring (bicyclic) bond motifs is 2. The predicted octanol–water partition coefficient (Wildman–Crippen LogP) is 4.51. The minimum absolute atomic E-state index is 0.0462. The molecule has 0 aliphatic heterocycles. The lowest BCUT2D eigenvalue weighted by molar-refractivity contribution is 0.0990. The van der Waals surface area contributed by atoms with Crippen LogP contribution in [-0.2, 0) is 0 Å². The van der Waals surface area contributed by atoms with Gasteiger partial charge in [0.2, 0.25) is 0 Å². The van der Waals surface area contributed by atoms with E-state index in [4.69, 9.17) is 0 Å². The summed E-state index contributed by atoms with van der Waals surface area (Å²) in [6, 6.07) is 17.4. The highest BCUT2D eigenvalue weighted by Crippen LogP contribution is 2.30. The van der Waals surface area contributed by atoms with Crippen molar-refractivity contribution in [2.24, 2.45) is 0 Å². The highest BCUT2D eigenvalue weighted by Gasteiger charge is 2.21. The molecule has 0 spiro atoms. The second-order valence-electron chi connectivity index (χ2n) is 5.39. The van der Waals surface area contributed by atoms with E-state index >= 15 is 0 Å². The van der Waals surface area contributed by atoms with Crippen LogP contribution in [0.15, 0.2) is 60.8 Å². The summed E-state index contributed by atoms with van der Waals surface area (Å²) in [4.78, 5) is 23.8. The summed E-state index contributed by atoms with van der Waals surface area (Å²) in [7, 11) is 0. The number of hydrogen-bond acceptors (Lipinski definition) is 4. The number of para-hydroxylation sites is 1. The van der Waals surface area contributed by atoms with Crippen molar-refractivity contribution in [3.05, 3.63) is 66.4 Å². The molecule has 0 saturated heterocycles. The van der Waals surface area contributed by atoms with Gasteiger partial charge in [0.05, 0.1) is 15.7 Å². The van der Waals surface area contributed by atoms with Gasteiger partial charge in [0.25, 0.3) is 5.91 Å². The molecular weight excluding hydrogens is 318 g/mol. The van der Waals surface area contributed by atoms with Crippen molar-refractivity contribution in [2.75, 3.05) is 11.4 Å². The zero-order valence-corrected chi connectivity index (χ0v) is 14.0. The number of aromatic nitrogens is 2. The lowest BCUT2D eigenvalue weighted by atomic mass is 10.1. The Morgan fingerprint density at radius 1 is 1.04 bits per heavy atom. The minimum atomic E-state index is -0.0462. The first-order chi connectivity index (χ1) is 11.8. The van der Waals surface area contributed by atoms with Crippen molar-refractivity contribution in [3.8, 4) is 0 Å². The predicted molar refractivity (Wildman–Crippen MR) is 98.7 cm³/mol. The standard InChI is InChI=1S/C19H15N3OS/c1-2-22(19-21-16-9-3-4-11-17(16)24-19)18(23)14-7-5-10-15-13(14)8-6-12-20-15/h3-12H,2H2,1H3. The van der Waals surface area contributed by atoms with E-state index in [-0.39, 0.29) is 5.91 Å². The zero-order valence-electron chi connectivity index (χ0n) is 13.1. The third-order valence-corrected chi connectivity index (χ3v) is 5.01. The quantitative estimate of drug-likeness (QED) is 0.554. The number of carbonyl (C=O) groups is 1. The normalized spacial score (nSPS) is 11.0. The first kappa shape index (κ1) is 14.8. The van der Waals surface area contributed by atoms with Crippen molar-refractivity contribution in [3.63, 3.8) is 0 Å². The number of hydrogen-bond donors (Lipinski definition) is 0. The van der Waals surface area contributed by atoms with Crippen LogP contribution in [0.5, 0.6) is 0 Å². The first-order valence-electron chi connectivity index (χ1n) is 7.79. The maximum atomic E-state index is 13.1. The zero-order chi connectivity index (χ0) is 16.5. The van der Waals surface area contributed by atoms with Crippen molar-refractivity contribution in [2.45, 2.75) is 6.92 Å². The van der Waals surface area contributed by atoms with E-state index in [9.17, 15) is 4.79 Å². The molecule has 118 valence electrons. The minimum Gasteiger partial charge on any atom is -0.284 e. The Bertz CT molecular complexity index is 1000. The molecule has 0 N–H and O–H groups in total. The fourth-order valence-electron chi connectivity index (χ4n) is 2.78. The van der Waals surface area contributed by atoms with Crippen LogP contribution in [0.1, 0.15) is 17.3 Å². The van der Waals surface area contributed by atoms with Crippen LogP contribution in [0.4, 0.5) is 5.13 Å². The molecule has 4 rings (SSSR count). The number of pyridine rings is 1. The summed E-state index contributed by atoms with van der Waals surface area (Å²) in [5, 5.41) is 1.59. The van der Waals surface area contributed by atoms with E-state index in [1.165, 1.54) is 11.3 Å². The Morgan fingerprint density at radius 3 is 2.71 bits per heavy atom. The fraction of sp³-hybridized carbons (Fsp3) is 0.105. The van der Waals surface area contributed by atoms with Gasteiger partial charge in [0.1, 0.15) is 0 Å². The number of anilines is 1. The molecule has 24 heavy (non-hydrogen) atoms. The highest BCUT2D eigenvalue weighted by molar-refractivity contribution is 7.22. The SMILES string of the molecule is CCN(C(=O)c1cccc2ncccc12)c1nc2ccccc2s1. The number of carbonyl (C=O) groups excluding carboxylic acids is 1. The van der Waals surface area contributed by atoms with E-state index in [2.05, 4.69) is 9.97 Å². The average Bonchev–Trinajstić information content (AvgIpc) is 3.05. The molecule has 4 aromatic rings. The largest absolute Gasteiger partial charge is 0.284 e. The molecule has 0 saturated carbocycles. The molecule has 0 aliphatic carbocycles. The lowest BCUT2D eigenvalue weighted by Crippen LogP contribution is -2.30. The number of amides is 1. The molecule has 2 aromatic carbocycles. The van der Waals surface area contributed by atoms with Crippen LogP contribution in [-0.4, -0.2) is 22.4 Å². The molecule has 2 heterocycles. The van der Waals surface area contributed by atoms with E-state index in [1.54, 1.807) is 11.1 Å². The van der Waals surface area contributed by atoms with E-state index in [1.807, 2.05) is 61.5 Å². The number of nitrogens with zero attached hydrogens (tertiary/aromatic N) is 3. The van der Waals surface area contributed by atoms with Gasteiger partial charge in [-0.15, -0.1) is 0 Å². The summed E-state index contributed by atoms with van der Waals surface area (Å²) in [5.74, 6) is -0.0462. The third-order valence-electron chi connectivity index (χ3n) is 3.95. The number of rotatable bonds is 3. The van der Waals surface area contributed by atoms with Gasteiger partial charge in [-0.05, 0) is 37.3 Å². The van der Waals surface area contributed by atoms with Gasteiger partial charge >= 0.3 is 0 Å². The van der Waals surface area contributed by atoms with Crippen LogP contribution < -0.4 is 4.90 Å². The average molecular weight is 333 g/mol.